The highest BCUT2D eigenvalue weighted by Crippen LogP contribution is 2.34. The average Bonchev–Trinajstić information content (AvgIpc) is 3.49. The summed E-state index contributed by atoms with van der Waals surface area (Å²) >= 11 is 0. The highest BCUT2D eigenvalue weighted by atomic mass is 19.4. The number of imidazole rings is 1. The van der Waals surface area contributed by atoms with Crippen LogP contribution in [-0.2, 0) is 14.3 Å². The normalized spacial score (nSPS) is 17.1. The third kappa shape index (κ3) is 6.41. The monoisotopic (exact) mass is 499 g/mol. The average molecular weight is 500 g/mol. The fraction of sp³-hybridized carbons (Fsp3) is 0.652. The van der Waals surface area contributed by atoms with E-state index in [1.165, 1.54) is 18.4 Å². The van der Waals surface area contributed by atoms with Gasteiger partial charge in [0, 0.05) is 50.9 Å². The summed E-state index contributed by atoms with van der Waals surface area (Å²) in [6.45, 7) is 8.22. The van der Waals surface area contributed by atoms with Gasteiger partial charge in [-0.1, -0.05) is 0 Å². The summed E-state index contributed by atoms with van der Waals surface area (Å²) in [6.07, 6.45) is 1.20. The number of nitrogens with zero attached hydrogens (tertiary/aromatic N) is 5. The molecule has 0 bridgehead atoms. The molecule has 2 saturated heterocycles. The van der Waals surface area contributed by atoms with E-state index in [9.17, 15) is 18.0 Å². The number of fused-ring (bicyclic) bond motifs is 1. The van der Waals surface area contributed by atoms with Crippen molar-refractivity contribution in [3.8, 4) is 0 Å². The summed E-state index contributed by atoms with van der Waals surface area (Å²) in [5, 5.41) is 7.12. The van der Waals surface area contributed by atoms with Gasteiger partial charge in [0.2, 0.25) is 5.91 Å². The lowest BCUT2D eigenvalue weighted by Crippen LogP contribution is -2.40. The molecule has 0 radical (unpaired) electrons. The summed E-state index contributed by atoms with van der Waals surface area (Å²) in [4.78, 5) is 35.1. The lowest BCUT2D eigenvalue weighted by Gasteiger charge is -2.32. The number of aliphatic carboxylic acids is 1. The van der Waals surface area contributed by atoms with Gasteiger partial charge in [0.25, 0.3) is 0 Å². The molecule has 0 unspecified atom stereocenters. The fourth-order valence-electron chi connectivity index (χ4n) is 4.44. The van der Waals surface area contributed by atoms with Crippen LogP contribution in [0.3, 0.4) is 0 Å². The number of anilines is 1. The molecule has 2 aliphatic rings. The van der Waals surface area contributed by atoms with Crippen molar-refractivity contribution in [3.63, 3.8) is 0 Å². The summed E-state index contributed by atoms with van der Waals surface area (Å²) in [5.74, 6) is -1.25. The molecule has 0 spiro atoms. The fourth-order valence-corrected chi connectivity index (χ4v) is 4.44. The molecule has 9 nitrogen and oxygen atoms in total. The highest BCUT2D eigenvalue weighted by Gasteiger charge is 2.38. The second kappa shape index (κ2) is 11.2. The molecule has 0 atom stereocenters. The predicted octanol–water partition coefficient (Wildman–Crippen LogP) is 3.60. The summed E-state index contributed by atoms with van der Waals surface area (Å²) in [6, 6.07) is 2.60. The summed E-state index contributed by atoms with van der Waals surface area (Å²) in [5.41, 5.74) is 3.35. The first-order chi connectivity index (χ1) is 16.5. The first-order valence-corrected chi connectivity index (χ1v) is 11.7. The molecule has 1 N–H and O–H groups in total. The van der Waals surface area contributed by atoms with Gasteiger partial charge in [-0.3, -0.25) is 4.79 Å². The second-order valence-corrected chi connectivity index (χ2v) is 9.07. The zero-order valence-electron chi connectivity index (χ0n) is 20.2. The number of hydrogen-bond acceptors (Lipinski definition) is 6. The third-order valence-corrected chi connectivity index (χ3v) is 6.30. The van der Waals surface area contributed by atoms with E-state index in [1.54, 1.807) is 7.11 Å². The molecule has 0 saturated carbocycles. The van der Waals surface area contributed by atoms with E-state index in [4.69, 9.17) is 24.6 Å². The Morgan fingerprint density at radius 3 is 2.29 bits per heavy atom. The van der Waals surface area contributed by atoms with Crippen LogP contribution in [0, 0.1) is 0 Å². The van der Waals surface area contributed by atoms with Crippen molar-refractivity contribution < 1.29 is 32.6 Å². The number of likely N-dealkylation sites (tertiary alicyclic amines) is 1. The number of ether oxygens (including phenoxy) is 1. The van der Waals surface area contributed by atoms with Gasteiger partial charge < -0.3 is 24.2 Å². The number of carboxylic acids is 1. The van der Waals surface area contributed by atoms with Crippen LogP contribution in [0.15, 0.2) is 12.4 Å². The number of rotatable bonds is 5. The van der Waals surface area contributed by atoms with Crippen LogP contribution in [0.4, 0.5) is 19.0 Å². The van der Waals surface area contributed by atoms with Gasteiger partial charge in [0.15, 0.2) is 5.82 Å². The van der Waals surface area contributed by atoms with Gasteiger partial charge in [0.05, 0.1) is 11.8 Å². The minimum atomic E-state index is -5.08. The number of methoxy groups -OCH3 is 1. The van der Waals surface area contributed by atoms with E-state index in [0.717, 1.165) is 56.0 Å². The molecular formula is C23H32F3N5O4. The number of carbonyl (C=O) groups is 2. The number of aromatic nitrogens is 3. The molecule has 12 heteroatoms. The molecule has 194 valence electrons. The smallest absolute Gasteiger partial charge is 0.475 e. The second-order valence-electron chi connectivity index (χ2n) is 9.07. The molecule has 1 amide bonds. The summed E-state index contributed by atoms with van der Waals surface area (Å²) in [7, 11) is 1.57. The van der Waals surface area contributed by atoms with E-state index in [0.29, 0.717) is 12.0 Å². The maximum Gasteiger partial charge on any atom is 0.490 e. The first kappa shape index (κ1) is 26.7. The topological polar surface area (TPSA) is 101 Å². The third-order valence-electron chi connectivity index (χ3n) is 6.30. The van der Waals surface area contributed by atoms with E-state index < -0.39 is 12.1 Å². The van der Waals surface area contributed by atoms with Gasteiger partial charge >= 0.3 is 12.1 Å². The molecule has 2 aliphatic heterocycles. The van der Waals surface area contributed by atoms with Gasteiger partial charge in [-0.25, -0.2) is 14.8 Å². The van der Waals surface area contributed by atoms with E-state index in [-0.39, 0.29) is 12.5 Å². The summed E-state index contributed by atoms with van der Waals surface area (Å²) < 4.78 is 39.0. The number of carboxylic acid groups (broad SMARTS) is 1. The Hall–Kier alpha value is -2.89. The van der Waals surface area contributed by atoms with Crippen molar-refractivity contribution >= 4 is 28.7 Å². The van der Waals surface area contributed by atoms with Crippen LogP contribution in [0.2, 0.25) is 0 Å². The zero-order valence-corrected chi connectivity index (χ0v) is 20.2. The number of hydrogen-bond donors (Lipinski definition) is 1. The van der Waals surface area contributed by atoms with Gasteiger partial charge in [-0.2, -0.15) is 13.2 Å². The Morgan fingerprint density at radius 2 is 1.77 bits per heavy atom. The van der Waals surface area contributed by atoms with Crippen molar-refractivity contribution in [2.45, 2.75) is 57.7 Å². The number of pyridine rings is 1. The highest BCUT2D eigenvalue weighted by molar-refractivity contribution is 5.87. The first-order valence-electron chi connectivity index (χ1n) is 11.7. The van der Waals surface area contributed by atoms with Crippen LogP contribution in [0.1, 0.15) is 57.2 Å². The number of alkyl halides is 3. The van der Waals surface area contributed by atoms with Crippen LogP contribution in [-0.4, -0.2) is 82.5 Å². The van der Waals surface area contributed by atoms with Crippen LogP contribution < -0.4 is 4.90 Å². The number of amides is 1. The number of halogens is 3. The van der Waals surface area contributed by atoms with Crippen LogP contribution in [0.5, 0.6) is 0 Å². The molecule has 2 fully saturated rings. The van der Waals surface area contributed by atoms with Crippen molar-refractivity contribution in [3.05, 3.63) is 18.1 Å². The van der Waals surface area contributed by atoms with E-state index >= 15 is 0 Å². The van der Waals surface area contributed by atoms with Gasteiger partial charge in [-0.05, 0) is 45.6 Å². The standard InChI is InChI=1S/C21H31N5O2.C2HF3O2/c1-15(2)26-14-22-20-18(26)12-17(23-21(20)25-8-4-5-9-25)16-6-10-24(11-7-16)19(27)13-28-3;3-2(4,5)1(6)7/h12,14-16H,4-11,13H2,1-3H3;(H,6,7). The van der Waals surface area contributed by atoms with Crippen molar-refractivity contribution in [1.29, 1.82) is 0 Å². The molecule has 0 aliphatic carbocycles. The largest absolute Gasteiger partial charge is 0.490 e. The van der Waals surface area contributed by atoms with Crippen LogP contribution >= 0.6 is 0 Å². The quantitative estimate of drug-likeness (QED) is 0.671. The Morgan fingerprint density at radius 1 is 1.17 bits per heavy atom. The maximum atomic E-state index is 12.1. The Labute approximate surface area is 201 Å². The SMILES string of the molecule is COCC(=O)N1CCC(c2cc3c(ncn3C(C)C)c(N3CCCC3)n2)CC1.O=C(O)C(F)(F)F. The molecule has 4 heterocycles. The number of piperidine rings is 1. The molecular weight excluding hydrogens is 467 g/mol. The van der Waals surface area contributed by atoms with Crippen molar-refractivity contribution in [2.75, 3.05) is 44.8 Å². The lowest BCUT2D eigenvalue weighted by atomic mass is 9.92. The lowest BCUT2D eigenvalue weighted by molar-refractivity contribution is -0.192. The van der Waals surface area contributed by atoms with Crippen molar-refractivity contribution in [2.24, 2.45) is 0 Å². The Bertz CT molecular complexity index is 1030. The Balaban J connectivity index is 0.000000429. The molecule has 2 aromatic rings. The van der Waals surface area contributed by atoms with E-state index in [2.05, 4.69) is 29.4 Å². The van der Waals surface area contributed by atoms with Crippen LogP contribution in [0.25, 0.3) is 11.0 Å². The molecule has 0 aromatic carbocycles. The van der Waals surface area contributed by atoms with E-state index in [1.807, 2.05) is 11.2 Å². The van der Waals surface area contributed by atoms with Gasteiger partial charge in [0.1, 0.15) is 12.1 Å². The Kier molecular flexibility index (Phi) is 8.57. The van der Waals surface area contributed by atoms with Gasteiger partial charge in [-0.15, -0.1) is 0 Å². The number of carbonyl (C=O) groups excluding carboxylic acids is 1. The predicted molar refractivity (Wildman–Crippen MR) is 123 cm³/mol. The molecule has 4 rings (SSSR count). The molecule has 2 aromatic heterocycles. The maximum absolute atomic E-state index is 12.1. The minimum Gasteiger partial charge on any atom is -0.475 e. The molecule has 35 heavy (non-hydrogen) atoms. The zero-order chi connectivity index (χ0) is 25.8. The van der Waals surface area contributed by atoms with Crippen molar-refractivity contribution in [1.82, 2.24) is 19.4 Å². The minimum absolute atomic E-state index is 0.0833.